The number of sulfonamides is 1. The molecular formula is C18H22IN3O3S. The van der Waals surface area contributed by atoms with Gasteiger partial charge >= 0.3 is 0 Å². The molecule has 6 nitrogen and oxygen atoms in total. The van der Waals surface area contributed by atoms with Gasteiger partial charge in [0.15, 0.2) is 0 Å². The molecule has 140 valence electrons. The van der Waals surface area contributed by atoms with Gasteiger partial charge < -0.3 is 14.5 Å². The number of halogens is 1. The van der Waals surface area contributed by atoms with Crippen LogP contribution in [0.15, 0.2) is 47.4 Å². The quantitative estimate of drug-likeness (QED) is 0.658. The topological polar surface area (TPSA) is 61.9 Å². The van der Waals surface area contributed by atoms with Gasteiger partial charge in [0.25, 0.3) is 10.0 Å². The van der Waals surface area contributed by atoms with Gasteiger partial charge in [0, 0.05) is 37.6 Å². The van der Waals surface area contributed by atoms with Gasteiger partial charge in [0.1, 0.15) is 5.75 Å². The fourth-order valence-electron chi connectivity index (χ4n) is 2.83. The number of ether oxygens (including phenoxy) is 1. The van der Waals surface area contributed by atoms with Crippen LogP contribution in [-0.2, 0) is 10.0 Å². The van der Waals surface area contributed by atoms with Crippen LogP contribution in [0.25, 0.3) is 0 Å². The summed E-state index contributed by atoms with van der Waals surface area (Å²) in [7, 11) is 0.0455. The zero-order chi connectivity index (χ0) is 18.7. The van der Waals surface area contributed by atoms with Crippen LogP contribution in [0.1, 0.15) is 0 Å². The van der Waals surface area contributed by atoms with E-state index in [0.29, 0.717) is 11.4 Å². The minimum Gasteiger partial charge on any atom is -0.496 e. The molecule has 2 aromatic rings. The molecule has 1 heterocycles. The molecule has 3 rings (SSSR count). The molecule has 8 heteroatoms. The lowest BCUT2D eigenvalue weighted by Gasteiger charge is -2.34. The van der Waals surface area contributed by atoms with Gasteiger partial charge in [0.2, 0.25) is 0 Å². The molecule has 0 aliphatic carbocycles. The Morgan fingerprint density at radius 1 is 1.04 bits per heavy atom. The van der Waals surface area contributed by atoms with Gasteiger partial charge in [-0.3, -0.25) is 4.72 Å². The summed E-state index contributed by atoms with van der Waals surface area (Å²) in [5, 5.41) is 0. The number of piperazine rings is 1. The number of hydrogen-bond donors (Lipinski definition) is 1. The Morgan fingerprint density at radius 3 is 2.27 bits per heavy atom. The number of nitrogens with zero attached hydrogens (tertiary/aromatic N) is 2. The van der Waals surface area contributed by atoms with Crippen molar-refractivity contribution in [2.75, 3.05) is 50.0 Å². The van der Waals surface area contributed by atoms with Crippen molar-refractivity contribution in [1.82, 2.24) is 4.90 Å². The van der Waals surface area contributed by atoms with E-state index < -0.39 is 10.0 Å². The van der Waals surface area contributed by atoms with Crippen molar-refractivity contribution in [3.05, 3.63) is 46.0 Å². The van der Waals surface area contributed by atoms with Crippen LogP contribution < -0.4 is 14.4 Å². The molecular weight excluding hydrogens is 465 g/mol. The molecule has 0 saturated carbocycles. The van der Waals surface area contributed by atoms with Crippen molar-refractivity contribution in [2.45, 2.75) is 4.90 Å². The zero-order valence-corrected chi connectivity index (χ0v) is 17.7. The Bertz CT molecular complexity index is 864. The van der Waals surface area contributed by atoms with E-state index in [2.05, 4.69) is 44.2 Å². The third-order valence-corrected chi connectivity index (χ3v) is 6.64. The first-order chi connectivity index (χ1) is 12.4. The Kier molecular flexibility index (Phi) is 5.93. The fourth-order valence-corrected chi connectivity index (χ4v) is 4.86. The van der Waals surface area contributed by atoms with Gasteiger partial charge in [-0.05, 0) is 72.1 Å². The van der Waals surface area contributed by atoms with Crippen molar-refractivity contribution in [3.8, 4) is 5.75 Å². The van der Waals surface area contributed by atoms with Crippen molar-refractivity contribution in [1.29, 1.82) is 0 Å². The molecule has 26 heavy (non-hydrogen) atoms. The van der Waals surface area contributed by atoms with E-state index in [-0.39, 0.29) is 4.90 Å². The number of likely N-dealkylation sites (N-methyl/N-ethyl adjacent to an activating group) is 1. The lowest BCUT2D eigenvalue weighted by molar-refractivity contribution is 0.313. The van der Waals surface area contributed by atoms with Gasteiger partial charge in [0.05, 0.1) is 15.6 Å². The number of anilines is 2. The standard InChI is InChI=1S/C18H22IN3O3S/c1-21-9-11-22(12-10-21)15-5-3-14(4-6-15)20-26(23,24)16-7-8-18(25-2)17(19)13-16/h3-8,13,20H,9-12H2,1-2H3. The van der Waals surface area contributed by atoms with E-state index in [1.807, 2.05) is 12.1 Å². The molecule has 1 aliphatic rings. The summed E-state index contributed by atoms with van der Waals surface area (Å²) in [6, 6.07) is 12.3. The van der Waals surface area contributed by atoms with E-state index in [1.165, 1.54) is 0 Å². The van der Waals surface area contributed by atoms with Crippen molar-refractivity contribution in [2.24, 2.45) is 0 Å². The van der Waals surface area contributed by atoms with Gasteiger partial charge in [-0.15, -0.1) is 0 Å². The van der Waals surface area contributed by atoms with E-state index in [0.717, 1.165) is 35.4 Å². The molecule has 0 aromatic heterocycles. The lowest BCUT2D eigenvalue weighted by atomic mass is 10.2. The maximum Gasteiger partial charge on any atom is 0.261 e. The average molecular weight is 487 g/mol. The number of methoxy groups -OCH3 is 1. The highest BCUT2D eigenvalue weighted by atomic mass is 127. The Hall–Kier alpha value is -1.52. The van der Waals surface area contributed by atoms with Crippen LogP contribution in [0.3, 0.4) is 0 Å². The van der Waals surface area contributed by atoms with E-state index in [9.17, 15) is 8.42 Å². The van der Waals surface area contributed by atoms with Crippen LogP contribution in [0.4, 0.5) is 11.4 Å². The molecule has 0 atom stereocenters. The molecule has 1 fully saturated rings. The number of hydrogen-bond acceptors (Lipinski definition) is 5. The SMILES string of the molecule is COc1ccc(S(=O)(=O)Nc2ccc(N3CCN(C)CC3)cc2)cc1I. The van der Waals surface area contributed by atoms with Crippen LogP contribution in [0, 0.1) is 3.57 Å². The summed E-state index contributed by atoms with van der Waals surface area (Å²) in [6.45, 7) is 4.02. The third-order valence-electron chi connectivity index (χ3n) is 4.42. The molecule has 1 aliphatic heterocycles. The second kappa shape index (κ2) is 8.01. The molecule has 1 N–H and O–H groups in total. The monoisotopic (exact) mass is 487 g/mol. The largest absolute Gasteiger partial charge is 0.496 e. The fraction of sp³-hybridized carbons (Fsp3) is 0.333. The summed E-state index contributed by atoms with van der Waals surface area (Å²) in [5.74, 6) is 0.654. The first-order valence-electron chi connectivity index (χ1n) is 8.29. The maximum atomic E-state index is 12.6. The Morgan fingerprint density at radius 2 is 1.69 bits per heavy atom. The smallest absolute Gasteiger partial charge is 0.261 e. The molecule has 0 spiro atoms. The van der Waals surface area contributed by atoms with Crippen LogP contribution in [0.2, 0.25) is 0 Å². The summed E-state index contributed by atoms with van der Waals surface area (Å²) in [4.78, 5) is 4.82. The van der Waals surface area contributed by atoms with Gasteiger partial charge in [-0.1, -0.05) is 0 Å². The summed E-state index contributed by atoms with van der Waals surface area (Å²) in [5.41, 5.74) is 1.66. The number of nitrogens with one attached hydrogen (secondary N) is 1. The molecule has 2 aromatic carbocycles. The second-order valence-electron chi connectivity index (χ2n) is 6.24. The minimum atomic E-state index is -3.64. The molecule has 0 radical (unpaired) electrons. The normalized spacial score (nSPS) is 15.7. The highest BCUT2D eigenvalue weighted by Crippen LogP contribution is 2.26. The highest BCUT2D eigenvalue weighted by Gasteiger charge is 2.17. The number of rotatable bonds is 5. The predicted molar refractivity (Wildman–Crippen MR) is 113 cm³/mol. The maximum absolute atomic E-state index is 12.6. The number of benzene rings is 2. The summed E-state index contributed by atoms with van der Waals surface area (Å²) >= 11 is 2.06. The first-order valence-corrected chi connectivity index (χ1v) is 10.8. The van der Waals surface area contributed by atoms with Crippen molar-refractivity contribution in [3.63, 3.8) is 0 Å². The van der Waals surface area contributed by atoms with Crippen molar-refractivity contribution < 1.29 is 13.2 Å². The van der Waals surface area contributed by atoms with Crippen LogP contribution in [-0.4, -0.2) is 53.7 Å². The molecule has 1 saturated heterocycles. The summed E-state index contributed by atoms with van der Waals surface area (Å²) < 4.78 is 33.8. The molecule has 0 amide bonds. The minimum absolute atomic E-state index is 0.214. The van der Waals surface area contributed by atoms with E-state index >= 15 is 0 Å². The lowest BCUT2D eigenvalue weighted by Crippen LogP contribution is -2.44. The highest BCUT2D eigenvalue weighted by molar-refractivity contribution is 14.1. The first kappa shape index (κ1) is 19.2. The van der Waals surface area contributed by atoms with Crippen molar-refractivity contribution >= 4 is 44.0 Å². The zero-order valence-electron chi connectivity index (χ0n) is 14.8. The van der Waals surface area contributed by atoms with Gasteiger partial charge in [-0.2, -0.15) is 0 Å². The Labute approximate surface area is 168 Å². The Balaban J connectivity index is 1.72. The van der Waals surface area contributed by atoms with Crippen LogP contribution >= 0.6 is 22.6 Å². The average Bonchev–Trinajstić information content (AvgIpc) is 2.63. The van der Waals surface area contributed by atoms with Gasteiger partial charge in [-0.25, -0.2) is 8.42 Å². The summed E-state index contributed by atoms with van der Waals surface area (Å²) in [6.07, 6.45) is 0. The molecule has 0 bridgehead atoms. The third kappa shape index (κ3) is 4.41. The second-order valence-corrected chi connectivity index (χ2v) is 9.08. The molecule has 0 unspecified atom stereocenters. The van der Waals surface area contributed by atoms with E-state index in [4.69, 9.17) is 4.74 Å². The van der Waals surface area contributed by atoms with E-state index in [1.54, 1.807) is 37.4 Å². The van der Waals surface area contributed by atoms with Crippen LogP contribution in [0.5, 0.6) is 5.75 Å². The predicted octanol–water partition coefficient (Wildman–Crippen LogP) is 2.85.